The van der Waals surface area contributed by atoms with Gasteiger partial charge in [-0.2, -0.15) is 0 Å². The highest BCUT2D eigenvalue weighted by molar-refractivity contribution is 14.1. The molecule has 0 saturated carbocycles. The van der Waals surface area contributed by atoms with Crippen LogP contribution in [0.4, 0.5) is 74.4 Å². The fourth-order valence-electron chi connectivity index (χ4n) is 8.92. The van der Waals surface area contributed by atoms with Crippen molar-refractivity contribution >= 4 is 169 Å². The Hall–Kier alpha value is -10.6. The number of halogens is 8. The van der Waals surface area contributed by atoms with Crippen LogP contribution in [-0.4, -0.2) is 123 Å². The van der Waals surface area contributed by atoms with Crippen molar-refractivity contribution in [2.45, 2.75) is 12.1 Å². The summed E-state index contributed by atoms with van der Waals surface area (Å²) in [6, 6.07) is 21.4. The molecular weight excluding hydrogens is 1750 g/mol. The summed E-state index contributed by atoms with van der Waals surface area (Å²) >= 11 is 11.3. The molecule has 6 heterocycles. The van der Waals surface area contributed by atoms with Crippen LogP contribution in [0.3, 0.4) is 0 Å². The second kappa shape index (κ2) is 37.0. The largest absolute Gasteiger partial charge is 0.395 e. The van der Waals surface area contributed by atoms with Gasteiger partial charge in [0.25, 0.3) is 56.1 Å². The number of pyridine rings is 3. The van der Waals surface area contributed by atoms with E-state index >= 15 is 0 Å². The van der Waals surface area contributed by atoms with E-state index in [1.165, 1.54) is 79.1 Å². The van der Waals surface area contributed by atoms with Crippen LogP contribution in [0.15, 0.2) is 157 Å². The number of H-pyrrole nitrogens is 1. The lowest BCUT2D eigenvalue weighted by atomic mass is 10.2. The van der Waals surface area contributed by atoms with E-state index in [9.17, 15) is 97.0 Å². The molecule has 0 aliphatic carbocycles. The molecule has 0 atom stereocenters. The summed E-state index contributed by atoms with van der Waals surface area (Å²) in [5, 5.41) is 86.3. The Balaban J connectivity index is 0.000000219. The number of alkyl halides is 1. The Morgan fingerprint density at radius 1 is 0.538 bits per heavy atom. The third-order valence-corrected chi connectivity index (χ3v) is 16.5. The molecule has 10 N–H and O–H groups in total. The van der Waals surface area contributed by atoms with Gasteiger partial charge in [-0.1, -0.05) is 11.6 Å². The molecule has 5 aromatic carbocycles. The average Bonchev–Trinajstić information content (AvgIpc) is 0.766. The second-order valence-electron chi connectivity index (χ2n) is 20.8. The van der Waals surface area contributed by atoms with Gasteiger partial charge >= 0.3 is 0 Å². The van der Waals surface area contributed by atoms with Gasteiger partial charge in [-0.25, -0.2) is 28.1 Å². The van der Waals surface area contributed by atoms with E-state index in [1.807, 2.05) is 67.8 Å². The molecule has 0 aliphatic rings. The number of nitrogens with one attached hydrogen (secondary N) is 4. The average molecular weight is 1810 g/mol. The number of benzene rings is 5. The second-order valence-corrected chi connectivity index (χ2v) is 24.9. The van der Waals surface area contributed by atoms with Crippen molar-refractivity contribution in [3.63, 3.8) is 0 Å². The first-order valence-corrected chi connectivity index (χ1v) is 32.3. The quantitative estimate of drug-likeness (QED) is 0.0194. The van der Waals surface area contributed by atoms with Crippen LogP contribution in [0, 0.1) is 68.6 Å². The molecule has 0 saturated heterocycles. The highest BCUT2D eigenvalue weighted by Crippen LogP contribution is 2.32. The monoisotopic (exact) mass is 1800 g/mol. The standard InChI is InChI=1S/C20H12FIN6O6.C17H16FIN4O4.C14H10FIN4O2.C6H3ClN2O4.C3H9NO2.CH3F/c1-25-17(29)8-14(24-13-4-2-10(22)6-12(13)21)18-19(25)23-9-26(20(18)30)15-5-3-11(27(31)32)7-16(15)28(33)34;1-22-14(26)5-13(21-12-3-2-9(19)4-11(12)18)15-16(22)20-8-23(17(15)27)10(6-24)7-25;1-20-11(21)5-10(12-13(20)17-6-18-14(12)22)19-9-3-2-7(16)4-8(9)15;7-5-2-1-4(8(10)11)3-6(5)9(12)13;4-3(1-5)2-6;1-2/h2-9,24H,1H3;2-5,8,10,21,24-25H,6-7H2,1H3;2-6,19H,1H3,(H,17,18,22);1-3H;3,5-6H,1-2,4H2;1H3/i;;;;;1D. The number of aromatic amines is 1. The highest BCUT2D eigenvalue weighted by Gasteiger charge is 2.25. The molecule has 104 heavy (non-hydrogen) atoms. The molecule has 0 amide bonds. The number of aryl methyl sites for hydroxylation is 3. The Bertz CT molecular complexity index is 5520. The number of rotatable bonds is 16. The van der Waals surface area contributed by atoms with Crippen molar-refractivity contribution in [3.8, 4) is 5.69 Å². The van der Waals surface area contributed by atoms with Crippen molar-refractivity contribution in [2.24, 2.45) is 26.9 Å². The van der Waals surface area contributed by atoms with Crippen molar-refractivity contribution < 1.29 is 59.1 Å². The molecule has 11 rings (SSSR count). The molecule has 43 heteroatoms. The minimum Gasteiger partial charge on any atom is -0.395 e. The third kappa shape index (κ3) is 19.8. The minimum absolute atomic E-state index is 0.00825. The van der Waals surface area contributed by atoms with Crippen molar-refractivity contribution in [1.29, 1.82) is 0 Å². The van der Waals surface area contributed by atoms with Gasteiger partial charge in [-0.15, -0.1) is 0 Å². The lowest BCUT2D eigenvalue weighted by Gasteiger charge is -2.17. The molecule has 6 aromatic heterocycles. The summed E-state index contributed by atoms with van der Waals surface area (Å²) in [6.07, 6.45) is 3.36. The molecule has 0 spiro atoms. The summed E-state index contributed by atoms with van der Waals surface area (Å²) in [4.78, 5) is 130. The fraction of sp³-hybridized carbons (Fsp3) is 0.164. The molecule has 11 aromatic rings. The number of aliphatic hydroxyl groups excluding tert-OH is 4. The number of hydrogen-bond acceptors (Lipinski definition) is 25. The van der Waals surface area contributed by atoms with E-state index in [2.05, 4.69) is 35.9 Å². The highest BCUT2D eigenvalue weighted by atomic mass is 127. The van der Waals surface area contributed by atoms with Crippen LogP contribution < -0.4 is 55.0 Å². The van der Waals surface area contributed by atoms with Crippen LogP contribution in [0.25, 0.3) is 38.8 Å². The topological polar surface area (TPSA) is 497 Å². The van der Waals surface area contributed by atoms with E-state index in [-0.39, 0.29) is 102 Å². The summed E-state index contributed by atoms with van der Waals surface area (Å²) in [5.41, 5.74) is 0.355. The number of non-ortho nitro benzene ring substituents is 2. The van der Waals surface area contributed by atoms with Crippen molar-refractivity contribution in [2.75, 3.05) is 49.5 Å². The smallest absolute Gasteiger partial charge is 0.300 e. The summed E-state index contributed by atoms with van der Waals surface area (Å²) < 4.78 is 65.7. The number of nitrogens with zero attached hydrogens (tertiary/aromatic N) is 12. The van der Waals surface area contributed by atoms with Gasteiger partial charge in [0.15, 0.2) is 16.9 Å². The summed E-state index contributed by atoms with van der Waals surface area (Å²) in [5.74, 6) is -1.64. The lowest BCUT2D eigenvalue weighted by molar-refractivity contribution is -0.394. The van der Waals surface area contributed by atoms with Gasteiger partial charge in [0.05, 0.1) is 119 Å². The predicted molar refractivity (Wildman–Crippen MR) is 399 cm³/mol. The van der Waals surface area contributed by atoms with E-state index in [4.69, 9.17) is 28.9 Å². The number of hydrogen-bond donors (Lipinski definition) is 9. The molecule has 0 fully saturated rings. The van der Waals surface area contributed by atoms with Crippen LogP contribution >= 0.6 is 79.4 Å². The Morgan fingerprint density at radius 3 is 1.31 bits per heavy atom. The van der Waals surface area contributed by atoms with E-state index in [0.29, 0.717) is 7.14 Å². The number of fused-ring (bicyclic) bond motifs is 3. The molecule has 546 valence electrons. The zero-order valence-electron chi connectivity index (χ0n) is 54.3. The maximum Gasteiger partial charge on any atom is 0.300 e. The number of anilines is 6. The maximum absolute atomic E-state index is 14.4. The van der Waals surface area contributed by atoms with Crippen LogP contribution in [0.5, 0.6) is 0 Å². The fourth-order valence-corrected chi connectivity index (χ4v) is 10.5. The Morgan fingerprint density at radius 2 is 0.923 bits per heavy atom. The maximum atomic E-state index is 14.4. The SMILES string of the molecule is Cn1c(=O)cc(Nc2ccc(I)cc2F)c2c(=O)[nH]cnc21.Cn1c(=O)cc(Nc2ccc(I)cc2F)c2c(=O)n(-c3ccc([N+](=O)[O-])cc3[N+](=O)[O-])cnc21.Cn1c(=O)cc(Nc2ccc(I)cc2F)c2c(=O)n(C(CO)CO)cnc21.NC(CO)CO.O=[N+]([O-])c1ccc(Cl)c([N+](=O)[O-])c1.[2H]CF. The van der Waals surface area contributed by atoms with Gasteiger partial charge in [0.2, 0.25) is 0 Å². The molecule has 0 aliphatic heterocycles. The minimum atomic E-state index is -1.00. The summed E-state index contributed by atoms with van der Waals surface area (Å²) in [6.45, 7) is -1.22. The number of aliphatic hydroxyl groups is 4. The number of nitro groups is 4. The normalized spacial score (nSPS) is 10.8. The van der Waals surface area contributed by atoms with Gasteiger partial charge < -0.3 is 47.1 Å². The van der Waals surface area contributed by atoms with Gasteiger partial charge in [0, 0.05) is 62.2 Å². The molecular formula is C61H53ClF4I3N17O18. The van der Waals surface area contributed by atoms with E-state index < -0.39 is 114 Å². The van der Waals surface area contributed by atoms with Gasteiger partial charge in [0.1, 0.15) is 57.0 Å². The molecule has 35 nitrogen and oxygen atoms in total. The molecule has 0 bridgehead atoms. The zero-order chi connectivity index (χ0) is 78.0. The Kier molecular flexibility index (Phi) is 28.7. The zero-order valence-corrected chi connectivity index (χ0v) is 60.5. The van der Waals surface area contributed by atoms with Crippen molar-refractivity contribution in [1.82, 2.24) is 42.8 Å². The van der Waals surface area contributed by atoms with Crippen molar-refractivity contribution in [3.05, 3.63) is 264 Å². The van der Waals surface area contributed by atoms with E-state index in [1.54, 1.807) is 24.3 Å². The van der Waals surface area contributed by atoms with Gasteiger partial charge in [-0.05, 0) is 135 Å². The van der Waals surface area contributed by atoms with Crippen LogP contribution in [0.2, 0.25) is 5.02 Å². The first kappa shape index (κ1) is 80.7. The first-order valence-electron chi connectivity index (χ1n) is 29.4. The number of nitro benzene ring substituents is 4. The number of aromatic nitrogens is 9. The predicted octanol–water partition coefficient (Wildman–Crippen LogP) is 7.65. The van der Waals surface area contributed by atoms with Crippen LogP contribution in [-0.2, 0) is 21.1 Å². The number of nitrogens with two attached hydrogens (primary N) is 1. The Labute approximate surface area is 624 Å². The molecule has 0 radical (unpaired) electrons. The third-order valence-electron chi connectivity index (χ3n) is 14.2. The molecule has 0 unspecified atom stereocenters. The lowest BCUT2D eigenvalue weighted by Crippen LogP contribution is -2.31. The first-order chi connectivity index (χ1) is 49.7. The van der Waals surface area contributed by atoms with E-state index in [0.717, 1.165) is 72.4 Å². The van der Waals surface area contributed by atoms with Crippen LogP contribution in [0.1, 0.15) is 7.41 Å². The summed E-state index contributed by atoms with van der Waals surface area (Å²) in [7, 11) is 3.36. The van der Waals surface area contributed by atoms with Gasteiger partial charge in [-0.3, -0.25) is 96.5 Å².